The summed E-state index contributed by atoms with van der Waals surface area (Å²) in [6, 6.07) is 1.64. The molecule has 1 N–H and O–H groups in total. The normalized spacial score (nSPS) is 35.3. The van der Waals surface area contributed by atoms with Crippen molar-refractivity contribution in [1.29, 1.82) is 0 Å². The number of hydrogen-bond donors (Lipinski definition) is 1. The Morgan fingerprint density at radius 3 is 2.64 bits per heavy atom. The van der Waals surface area contributed by atoms with Crippen LogP contribution < -0.4 is 5.32 Å². The number of hydrogen-bond acceptors (Lipinski definition) is 2. The van der Waals surface area contributed by atoms with Crippen molar-refractivity contribution in [1.82, 2.24) is 10.2 Å². The molecule has 3 rings (SSSR count). The van der Waals surface area contributed by atoms with Crippen molar-refractivity contribution in [2.75, 3.05) is 19.6 Å². The summed E-state index contributed by atoms with van der Waals surface area (Å²) >= 11 is 0. The summed E-state index contributed by atoms with van der Waals surface area (Å²) < 4.78 is 0. The van der Waals surface area contributed by atoms with Crippen LogP contribution in [-0.2, 0) is 0 Å². The van der Waals surface area contributed by atoms with Gasteiger partial charge >= 0.3 is 0 Å². The quantitative estimate of drug-likeness (QED) is 0.665. The molecule has 1 unspecified atom stereocenters. The lowest BCUT2D eigenvalue weighted by Gasteiger charge is -2.37. The van der Waals surface area contributed by atoms with E-state index in [0.29, 0.717) is 0 Å². The van der Waals surface area contributed by atoms with E-state index in [4.69, 9.17) is 0 Å². The van der Waals surface area contributed by atoms with Crippen LogP contribution in [0, 0.1) is 5.92 Å². The van der Waals surface area contributed by atoms with Gasteiger partial charge in [0.1, 0.15) is 0 Å². The van der Waals surface area contributed by atoms with E-state index in [2.05, 4.69) is 22.4 Å². The number of rotatable bonds is 2. The molecule has 2 nitrogen and oxygen atoms in total. The van der Waals surface area contributed by atoms with Crippen LogP contribution in [0.2, 0.25) is 0 Å². The highest BCUT2D eigenvalue weighted by atomic mass is 15.2. The fraction of sp³-hybridized carbons (Fsp3) is 0.833. The molecule has 2 heteroatoms. The molecule has 3 aliphatic rings. The monoisotopic (exact) mass is 192 g/mol. The van der Waals surface area contributed by atoms with Gasteiger partial charge in [0, 0.05) is 31.7 Å². The van der Waals surface area contributed by atoms with Gasteiger partial charge in [0.05, 0.1) is 0 Å². The Morgan fingerprint density at radius 2 is 1.93 bits per heavy atom. The zero-order valence-electron chi connectivity index (χ0n) is 8.78. The summed E-state index contributed by atoms with van der Waals surface area (Å²) in [5.74, 6) is 1.01. The Hall–Kier alpha value is -0.340. The van der Waals surface area contributed by atoms with Crippen LogP contribution in [0.25, 0.3) is 0 Å². The minimum atomic E-state index is 0.810. The number of nitrogens with one attached hydrogen (secondary N) is 1. The van der Waals surface area contributed by atoms with Crippen molar-refractivity contribution >= 4 is 0 Å². The fourth-order valence-corrected chi connectivity index (χ4v) is 2.85. The van der Waals surface area contributed by atoms with Gasteiger partial charge < -0.3 is 5.32 Å². The summed E-state index contributed by atoms with van der Waals surface area (Å²) in [5.41, 5.74) is 0. The molecule has 0 bridgehead atoms. The smallest absolute Gasteiger partial charge is 0.0223 e. The first kappa shape index (κ1) is 8.93. The van der Waals surface area contributed by atoms with Gasteiger partial charge in [-0.2, -0.15) is 0 Å². The third-order valence-corrected chi connectivity index (χ3v) is 3.93. The highest BCUT2D eigenvalue weighted by molar-refractivity contribution is 5.01. The first-order valence-electron chi connectivity index (χ1n) is 6.06. The molecule has 0 aromatic heterocycles. The highest BCUT2D eigenvalue weighted by Gasteiger charge is 2.35. The predicted molar refractivity (Wildman–Crippen MR) is 58.2 cm³/mol. The van der Waals surface area contributed by atoms with Crippen molar-refractivity contribution in [3.63, 3.8) is 0 Å². The van der Waals surface area contributed by atoms with Crippen LogP contribution in [-0.4, -0.2) is 36.6 Å². The maximum atomic E-state index is 3.67. The molecule has 78 valence electrons. The molecule has 1 saturated heterocycles. The van der Waals surface area contributed by atoms with E-state index in [9.17, 15) is 0 Å². The summed E-state index contributed by atoms with van der Waals surface area (Å²) in [4.78, 5) is 2.71. The Kier molecular flexibility index (Phi) is 2.34. The van der Waals surface area contributed by atoms with Gasteiger partial charge in [0.15, 0.2) is 0 Å². The molecule has 2 aliphatic carbocycles. The SMILES string of the molecule is C1=CCC(N2CCNC(C3CC3)C2)C1. The van der Waals surface area contributed by atoms with Crippen molar-refractivity contribution in [3.05, 3.63) is 12.2 Å². The van der Waals surface area contributed by atoms with E-state index in [1.54, 1.807) is 0 Å². The van der Waals surface area contributed by atoms with Gasteiger partial charge in [-0.3, -0.25) is 4.90 Å². The first-order valence-corrected chi connectivity index (χ1v) is 6.06. The summed E-state index contributed by atoms with van der Waals surface area (Å²) in [5, 5.41) is 3.67. The molecular weight excluding hydrogens is 172 g/mol. The first-order chi connectivity index (χ1) is 6.93. The van der Waals surface area contributed by atoms with Crippen LogP contribution in [0.4, 0.5) is 0 Å². The lowest BCUT2D eigenvalue weighted by Crippen LogP contribution is -2.54. The van der Waals surface area contributed by atoms with Gasteiger partial charge in [0.25, 0.3) is 0 Å². The lowest BCUT2D eigenvalue weighted by molar-refractivity contribution is 0.141. The Bertz CT molecular complexity index is 224. The molecule has 0 aromatic rings. The maximum Gasteiger partial charge on any atom is 0.0223 e. The highest BCUT2D eigenvalue weighted by Crippen LogP contribution is 2.34. The largest absolute Gasteiger partial charge is 0.311 e. The van der Waals surface area contributed by atoms with Gasteiger partial charge in [-0.25, -0.2) is 0 Å². The molecule has 2 fully saturated rings. The van der Waals surface area contributed by atoms with Gasteiger partial charge in [0.2, 0.25) is 0 Å². The molecule has 0 amide bonds. The van der Waals surface area contributed by atoms with Crippen LogP contribution in [0.15, 0.2) is 12.2 Å². The van der Waals surface area contributed by atoms with Crippen molar-refractivity contribution in [2.45, 2.75) is 37.8 Å². The standard InChI is InChI=1S/C12H20N2/c1-2-4-11(3-1)14-8-7-13-12(9-14)10-5-6-10/h1-2,10-13H,3-9H2. The van der Waals surface area contributed by atoms with Crippen molar-refractivity contribution < 1.29 is 0 Å². The van der Waals surface area contributed by atoms with Crippen LogP contribution in [0.3, 0.4) is 0 Å². The Labute approximate surface area is 86.4 Å². The zero-order valence-corrected chi connectivity index (χ0v) is 8.78. The van der Waals surface area contributed by atoms with Crippen LogP contribution in [0.1, 0.15) is 25.7 Å². The molecule has 1 heterocycles. The minimum Gasteiger partial charge on any atom is -0.311 e. The van der Waals surface area contributed by atoms with E-state index in [1.165, 1.54) is 45.3 Å². The third-order valence-electron chi connectivity index (χ3n) is 3.93. The topological polar surface area (TPSA) is 15.3 Å². The summed E-state index contributed by atoms with van der Waals surface area (Å²) in [6.07, 6.45) is 10.2. The average Bonchev–Trinajstić information content (AvgIpc) is 2.94. The second kappa shape index (κ2) is 3.67. The molecule has 0 aromatic carbocycles. The molecule has 1 atom stereocenters. The molecule has 1 saturated carbocycles. The van der Waals surface area contributed by atoms with Gasteiger partial charge in [-0.15, -0.1) is 0 Å². The van der Waals surface area contributed by atoms with Crippen molar-refractivity contribution in [3.8, 4) is 0 Å². The second-order valence-corrected chi connectivity index (χ2v) is 4.99. The van der Waals surface area contributed by atoms with E-state index in [0.717, 1.165) is 18.0 Å². The molecule has 0 radical (unpaired) electrons. The molecular formula is C12H20N2. The van der Waals surface area contributed by atoms with Crippen LogP contribution in [0.5, 0.6) is 0 Å². The fourth-order valence-electron chi connectivity index (χ4n) is 2.85. The van der Waals surface area contributed by atoms with E-state index < -0.39 is 0 Å². The summed E-state index contributed by atoms with van der Waals surface area (Å²) in [6.45, 7) is 3.77. The lowest BCUT2D eigenvalue weighted by atomic mass is 10.1. The second-order valence-electron chi connectivity index (χ2n) is 4.99. The van der Waals surface area contributed by atoms with Crippen LogP contribution >= 0.6 is 0 Å². The molecule has 0 spiro atoms. The van der Waals surface area contributed by atoms with E-state index in [1.807, 2.05) is 0 Å². The van der Waals surface area contributed by atoms with E-state index >= 15 is 0 Å². The summed E-state index contributed by atoms with van der Waals surface area (Å²) in [7, 11) is 0. The third kappa shape index (κ3) is 1.73. The average molecular weight is 192 g/mol. The van der Waals surface area contributed by atoms with Gasteiger partial charge in [-0.05, 0) is 31.6 Å². The zero-order chi connectivity index (χ0) is 9.38. The Balaban J connectivity index is 1.57. The Morgan fingerprint density at radius 1 is 1.14 bits per heavy atom. The minimum absolute atomic E-state index is 0.810. The van der Waals surface area contributed by atoms with Gasteiger partial charge in [-0.1, -0.05) is 12.2 Å². The molecule has 1 aliphatic heterocycles. The number of nitrogens with zero attached hydrogens (tertiary/aromatic N) is 1. The molecule has 14 heavy (non-hydrogen) atoms. The van der Waals surface area contributed by atoms with Crippen molar-refractivity contribution in [2.24, 2.45) is 5.92 Å². The van der Waals surface area contributed by atoms with E-state index in [-0.39, 0.29) is 0 Å². The predicted octanol–water partition coefficient (Wildman–Crippen LogP) is 1.39. The maximum absolute atomic E-state index is 3.67. The number of piperazine rings is 1.